The van der Waals surface area contributed by atoms with Crippen molar-refractivity contribution in [2.24, 2.45) is 11.7 Å². The van der Waals surface area contributed by atoms with Gasteiger partial charge in [-0.2, -0.15) is 0 Å². The Morgan fingerprint density at radius 2 is 2.00 bits per heavy atom. The first-order chi connectivity index (χ1) is 10.1. The molecule has 1 aromatic rings. The smallest absolute Gasteiger partial charge is 0.237 e. The van der Waals surface area contributed by atoms with Crippen LogP contribution >= 0.6 is 0 Å². The van der Waals surface area contributed by atoms with Crippen LogP contribution in [0.5, 0.6) is 0 Å². The maximum atomic E-state index is 12.2. The molecule has 1 aromatic carbocycles. The zero-order valence-electron chi connectivity index (χ0n) is 13.1. The van der Waals surface area contributed by atoms with Gasteiger partial charge in [0.25, 0.3) is 0 Å². The number of amides is 1. The van der Waals surface area contributed by atoms with Crippen LogP contribution in [0.4, 0.5) is 0 Å². The Labute approximate surface area is 128 Å². The number of carbonyl (C=O) groups is 1. The summed E-state index contributed by atoms with van der Waals surface area (Å²) in [5.74, 6) is 0.809. The SMILES string of the molecule is CC1CCCC(NC(=O)C(N)CCc2ccccc2)CC1. The Morgan fingerprint density at radius 1 is 1.24 bits per heavy atom. The van der Waals surface area contributed by atoms with E-state index in [2.05, 4.69) is 24.4 Å². The van der Waals surface area contributed by atoms with Crippen LogP contribution < -0.4 is 11.1 Å². The zero-order chi connectivity index (χ0) is 15.1. The molecule has 0 aliphatic heterocycles. The van der Waals surface area contributed by atoms with E-state index in [0.717, 1.165) is 25.2 Å². The average molecular weight is 288 g/mol. The summed E-state index contributed by atoms with van der Waals surface area (Å²) in [6, 6.07) is 10.1. The Morgan fingerprint density at radius 3 is 2.76 bits per heavy atom. The van der Waals surface area contributed by atoms with Crippen molar-refractivity contribution in [3.05, 3.63) is 35.9 Å². The van der Waals surface area contributed by atoms with E-state index >= 15 is 0 Å². The minimum absolute atomic E-state index is 0.0190. The van der Waals surface area contributed by atoms with Crippen LogP contribution in [-0.4, -0.2) is 18.0 Å². The Hall–Kier alpha value is -1.35. The van der Waals surface area contributed by atoms with Gasteiger partial charge in [-0.25, -0.2) is 0 Å². The van der Waals surface area contributed by atoms with Crippen molar-refractivity contribution < 1.29 is 4.79 Å². The number of hydrogen-bond donors (Lipinski definition) is 2. The standard InChI is InChI=1S/C18H28N2O/c1-14-6-5-9-16(12-10-14)20-18(21)17(19)13-11-15-7-3-2-4-8-15/h2-4,7-8,14,16-17H,5-6,9-13,19H2,1H3,(H,20,21). The van der Waals surface area contributed by atoms with Gasteiger partial charge in [-0.15, -0.1) is 0 Å². The van der Waals surface area contributed by atoms with Gasteiger partial charge in [0.2, 0.25) is 5.91 Å². The molecule has 0 spiro atoms. The fourth-order valence-corrected chi connectivity index (χ4v) is 3.04. The summed E-state index contributed by atoms with van der Waals surface area (Å²) in [6.07, 6.45) is 7.47. The third-order valence-electron chi connectivity index (χ3n) is 4.53. The molecule has 0 radical (unpaired) electrons. The zero-order valence-corrected chi connectivity index (χ0v) is 13.1. The van der Waals surface area contributed by atoms with E-state index in [9.17, 15) is 4.79 Å². The molecule has 116 valence electrons. The first kappa shape index (κ1) is 16.0. The number of nitrogens with two attached hydrogens (primary N) is 1. The number of nitrogens with one attached hydrogen (secondary N) is 1. The molecule has 0 heterocycles. The van der Waals surface area contributed by atoms with Gasteiger partial charge in [-0.3, -0.25) is 4.79 Å². The average Bonchev–Trinajstić information content (AvgIpc) is 2.70. The third-order valence-corrected chi connectivity index (χ3v) is 4.53. The van der Waals surface area contributed by atoms with Crippen LogP contribution in [0.25, 0.3) is 0 Å². The predicted octanol–water partition coefficient (Wildman–Crippen LogP) is 3.03. The van der Waals surface area contributed by atoms with E-state index in [0.29, 0.717) is 12.5 Å². The first-order valence-corrected chi connectivity index (χ1v) is 8.25. The van der Waals surface area contributed by atoms with Gasteiger partial charge in [-0.05, 0) is 43.6 Å². The highest BCUT2D eigenvalue weighted by Gasteiger charge is 2.20. The monoisotopic (exact) mass is 288 g/mol. The van der Waals surface area contributed by atoms with Crippen LogP contribution in [0, 0.1) is 5.92 Å². The first-order valence-electron chi connectivity index (χ1n) is 8.25. The second-order valence-corrected chi connectivity index (χ2v) is 6.45. The van der Waals surface area contributed by atoms with E-state index < -0.39 is 6.04 Å². The number of carbonyl (C=O) groups excluding carboxylic acids is 1. The van der Waals surface area contributed by atoms with Gasteiger partial charge in [0.1, 0.15) is 0 Å². The van der Waals surface area contributed by atoms with Crippen molar-refractivity contribution >= 4 is 5.91 Å². The van der Waals surface area contributed by atoms with Crippen molar-refractivity contribution in [3.8, 4) is 0 Å². The normalized spacial score (nSPS) is 24.1. The van der Waals surface area contributed by atoms with Gasteiger partial charge in [0.05, 0.1) is 6.04 Å². The summed E-state index contributed by atoms with van der Waals surface area (Å²) in [5, 5.41) is 3.15. The second-order valence-electron chi connectivity index (χ2n) is 6.45. The maximum absolute atomic E-state index is 12.2. The third kappa shape index (κ3) is 5.50. The molecule has 2 rings (SSSR count). The van der Waals surface area contributed by atoms with E-state index in [1.807, 2.05) is 18.2 Å². The van der Waals surface area contributed by atoms with Gasteiger partial charge in [0.15, 0.2) is 0 Å². The molecule has 3 heteroatoms. The lowest BCUT2D eigenvalue weighted by atomic mass is 10.0. The minimum Gasteiger partial charge on any atom is -0.352 e. The lowest BCUT2D eigenvalue weighted by molar-refractivity contribution is -0.123. The summed E-state index contributed by atoms with van der Waals surface area (Å²) >= 11 is 0. The van der Waals surface area contributed by atoms with Crippen LogP contribution in [0.15, 0.2) is 30.3 Å². The highest BCUT2D eigenvalue weighted by atomic mass is 16.2. The summed E-state index contributed by atoms with van der Waals surface area (Å²) in [4.78, 5) is 12.2. The van der Waals surface area contributed by atoms with Gasteiger partial charge in [0, 0.05) is 6.04 Å². The van der Waals surface area contributed by atoms with E-state index in [1.165, 1.54) is 24.8 Å². The Bertz CT molecular complexity index is 432. The van der Waals surface area contributed by atoms with Crippen molar-refractivity contribution in [1.82, 2.24) is 5.32 Å². The molecular weight excluding hydrogens is 260 g/mol. The number of hydrogen-bond acceptors (Lipinski definition) is 2. The fourth-order valence-electron chi connectivity index (χ4n) is 3.04. The molecule has 1 fully saturated rings. The lowest BCUT2D eigenvalue weighted by Crippen LogP contribution is -2.45. The topological polar surface area (TPSA) is 55.1 Å². The molecule has 1 aliphatic carbocycles. The number of aryl methyl sites for hydroxylation is 1. The second kappa shape index (κ2) is 8.18. The summed E-state index contributed by atoms with van der Waals surface area (Å²) in [5.41, 5.74) is 7.28. The largest absolute Gasteiger partial charge is 0.352 e. The molecule has 1 saturated carbocycles. The van der Waals surface area contributed by atoms with Crippen molar-refractivity contribution in [2.75, 3.05) is 0 Å². The van der Waals surface area contributed by atoms with Gasteiger partial charge in [-0.1, -0.05) is 50.1 Å². The van der Waals surface area contributed by atoms with Gasteiger partial charge < -0.3 is 11.1 Å². The molecule has 3 N–H and O–H groups in total. The highest BCUT2D eigenvalue weighted by molar-refractivity contribution is 5.81. The Balaban J connectivity index is 1.74. The quantitative estimate of drug-likeness (QED) is 0.818. The number of rotatable bonds is 5. The van der Waals surface area contributed by atoms with Crippen molar-refractivity contribution in [1.29, 1.82) is 0 Å². The molecular formula is C18H28N2O. The molecule has 3 atom stereocenters. The fraction of sp³-hybridized carbons (Fsp3) is 0.611. The molecule has 0 bridgehead atoms. The van der Waals surface area contributed by atoms with E-state index in [4.69, 9.17) is 5.73 Å². The highest BCUT2D eigenvalue weighted by Crippen LogP contribution is 2.22. The predicted molar refractivity (Wildman–Crippen MR) is 86.9 cm³/mol. The van der Waals surface area contributed by atoms with E-state index in [1.54, 1.807) is 0 Å². The molecule has 0 saturated heterocycles. The molecule has 1 amide bonds. The van der Waals surface area contributed by atoms with Crippen molar-refractivity contribution in [2.45, 2.75) is 64.0 Å². The van der Waals surface area contributed by atoms with Gasteiger partial charge >= 0.3 is 0 Å². The van der Waals surface area contributed by atoms with Crippen LogP contribution in [0.1, 0.15) is 51.0 Å². The lowest BCUT2D eigenvalue weighted by Gasteiger charge is -2.19. The minimum atomic E-state index is -0.397. The van der Waals surface area contributed by atoms with E-state index in [-0.39, 0.29) is 5.91 Å². The summed E-state index contributed by atoms with van der Waals surface area (Å²) < 4.78 is 0. The van der Waals surface area contributed by atoms with Crippen LogP contribution in [-0.2, 0) is 11.2 Å². The summed E-state index contributed by atoms with van der Waals surface area (Å²) in [6.45, 7) is 2.30. The molecule has 1 aliphatic rings. The van der Waals surface area contributed by atoms with Crippen LogP contribution in [0.3, 0.4) is 0 Å². The molecule has 21 heavy (non-hydrogen) atoms. The maximum Gasteiger partial charge on any atom is 0.237 e. The van der Waals surface area contributed by atoms with Crippen molar-refractivity contribution in [3.63, 3.8) is 0 Å². The molecule has 3 nitrogen and oxygen atoms in total. The van der Waals surface area contributed by atoms with Crippen LogP contribution in [0.2, 0.25) is 0 Å². The molecule has 3 unspecified atom stereocenters. The Kier molecular flexibility index (Phi) is 6.24. The summed E-state index contributed by atoms with van der Waals surface area (Å²) in [7, 11) is 0. The molecule has 0 aromatic heterocycles. The number of benzene rings is 1.